The van der Waals surface area contributed by atoms with Gasteiger partial charge in [0.2, 0.25) is 0 Å². The van der Waals surface area contributed by atoms with Crippen molar-refractivity contribution in [2.24, 2.45) is 20.5 Å². The molecular formula is C96H60N24Pt2. The summed E-state index contributed by atoms with van der Waals surface area (Å²) in [5.74, 6) is 2.14. The van der Waals surface area contributed by atoms with Gasteiger partial charge in [0, 0.05) is 58.5 Å². The third kappa shape index (κ3) is 16.9. The molecule has 4 aliphatic rings. The van der Waals surface area contributed by atoms with Gasteiger partial charge in [-0.25, -0.2) is 49.8 Å². The number of nitrogens with one attached hydrogen (secondary N) is 4. The fourth-order valence-electron chi connectivity index (χ4n) is 14.6. The number of hydrogen-bond donors (Lipinski definition) is 4. The van der Waals surface area contributed by atoms with Crippen molar-refractivity contribution in [3.63, 3.8) is 0 Å². The molecule has 0 saturated carbocycles. The Hall–Kier alpha value is -15.9. The number of aromatic amines is 4. The molecule has 32 bridgehead atoms. The van der Waals surface area contributed by atoms with Crippen LogP contribution in [0.5, 0.6) is 0 Å². The molecule has 24 rings (SSSR count). The molecule has 122 heavy (non-hydrogen) atoms. The van der Waals surface area contributed by atoms with E-state index in [4.69, 9.17) is 39.9 Å². The van der Waals surface area contributed by atoms with E-state index < -0.39 is 0 Å². The van der Waals surface area contributed by atoms with Crippen LogP contribution >= 0.6 is 0 Å². The smallest absolute Gasteiger partial charge is 0.657 e. The molecule has 0 atom stereocenters. The maximum absolute atomic E-state index is 4.96. The number of allylic oxidation sites excluding steroid dienone is 2. The van der Waals surface area contributed by atoms with Crippen LogP contribution in [0.4, 0.5) is 23.3 Å². The van der Waals surface area contributed by atoms with Crippen molar-refractivity contribution < 1.29 is 42.1 Å². The number of benzene rings is 4. The summed E-state index contributed by atoms with van der Waals surface area (Å²) >= 11 is 0. The predicted molar refractivity (Wildman–Crippen MR) is 477 cm³/mol. The first kappa shape index (κ1) is 76.1. The van der Waals surface area contributed by atoms with Crippen LogP contribution in [0.1, 0.15) is 11.4 Å². The second-order valence-corrected chi connectivity index (χ2v) is 28.3. The van der Waals surface area contributed by atoms with Crippen molar-refractivity contribution in [2.45, 2.75) is 0 Å². The first-order chi connectivity index (χ1) is 59.2. The van der Waals surface area contributed by atoms with Crippen molar-refractivity contribution in [2.75, 3.05) is 0 Å². The second kappa shape index (κ2) is 33.6. The van der Waals surface area contributed by atoms with Crippen LogP contribution in [-0.4, -0.2) is 79.7 Å². The zero-order valence-corrected chi connectivity index (χ0v) is 68.5. The van der Waals surface area contributed by atoms with Gasteiger partial charge in [0.1, 0.15) is 11.3 Å². The summed E-state index contributed by atoms with van der Waals surface area (Å²) in [6, 6.07) is 87.9. The Morgan fingerprint density at radius 3 is 0.770 bits per heavy atom. The van der Waals surface area contributed by atoms with Crippen LogP contribution in [0.3, 0.4) is 0 Å². The molecule has 4 aromatic carbocycles. The predicted octanol–water partition coefficient (Wildman–Crippen LogP) is 20.6. The van der Waals surface area contributed by atoms with Crippen LogP contribution in [-0.2, 0) is 42.1 Å². The molecule has 0 aliphatic carbocycles. The Kier molecular flexibility index (Phi) is 21.0. The number of azo groups is 2. The number of imidazole rings is 2. The first-order valence-corrected chi connectivity index (χ1v) is 38.4. The molecule has 0 amide bonds. The Morgan fingerprint density at radius 1 is 0.221 bits per heavy atom. The van der Waals surface area contributed by atoms with E-state index in [1.807, 2.05) is 255 Å². The molecule has 20 heterocycles. The number of hydrogen-bond acceptors (Lipinski definition) is 16. The summed E-state index contributed by atoms with van der Waals surface area (Å²) in [6.45, 7) is 0. The Bertz CT molecular complexity index is 7380. The Morgan fingerprint density at radius 2 is 0.475 bits per heavy atom. The van der Waals surface area contributed by atoms with Gasteiger partial charge in [0.25, 0.3) is 0 Å². The van der Waals surface area contributed by atoms with E-state index >= 15 is 0 Å². The molecule has 4 aliphatic heterocycles. The molecule has 16 aromatic heterocycles. The van der Waals surface area contributed by atoms with Gasteiger partial charge in [0.05, 0.1) is 114 Å². The molecule has 26 heteroatoms. The maximum Gasteiger partial charge on any atom is 2.00 e. The van der Waals surface area contributed by atoms with E-state index in [2.05, 4.69) is 129 Å². The van der Waals surface area contributed by atoms with E-state index in [9.17, 15) is 0 Å². The number of rotatable bonds is 0. The first-order valence-electron chi connectivity index (χ1n) is 38.4. The molecule has 20 aromatic rings. The number of aromatic nitrogens is 20. The van der Waals surface area contributed by atoms with Crippen molar-refractivity contribution in [1.82, 2.24) is 99.7 Å². The van der Waals surface area contributed by atoms with Crippen molar-refractivity contribution in [3.05, 3.63) is 338 Å². The number of nitrogens with zero attached hydrogens (tertiary/aromatic N) is 20. The quantitative estimate of drug-likeness (QED) is 0.110. The van der Waals surface area contributed by atoms with Crippen LogP contribution in [0.2, 0.25) is 0 Å². The van der Waals surface area contributed by atoms with Gasteiger partial charge in [-0.2, -0.15) is 0 Å². The third-order valence-corrected chi connectivity index (χ3v) is 19.9. The summed E-state index contributed by atoms with van der Waals surface area (Å²) in [5, 5.41) is 26.8. The molecule has 0 spiro atoms. The summed E-state index contributed by atoms with van der Waals surface area (Å²) in [5.41, 5.74) is 21.7. The average molecular weight is 1940 g/mol. The van der Waals surface area contributed by atoms with Crippen molar-refractivity contribution in [3.8, 4) is 0 Å². The molecule has 24 nitrogen and oxygen atoms in total. The molecule has 0 unspecified atom stereocenters. The summed E-state index contributed by atoms with van der Waals surface area (Å²) in [7, 11) is 0. The molecule has 4 N–H and O–H groups in total. The molecular weight excluding hydrogens is 1880 g/mol. The van der Waals surface area contributed by atoms with Gasteiger partial charge in [-0.3, -0.25) is 9.97 Å². The van der Waals surface area contributed by atoms with Gasteiger partial charge < -0.3 is 39.9 Å². The monoisotopic (exact) mass is 1940 g/mol. The van der Waals surface area contributed by atoms with Gasteiger partial charge in [-0.15, -0.1) is 64.6 Å². The van der Waals surface area contributed by atoms with E-state index in [1.54, 1.807) is 37.2 Å². The summed E-state index contributed by atoms with van der Waals surface area (Å²) in [6.07, 6.45) is 22.2. The van der Waals surface area contributed by atoms with Crippen LogP contribution in [0.25, 0.3) is 200 Å². The largest absolute Gasteiger partial charge is 2.00 e. The van der Waals surface area contributed by atoms with E-state index in [1.165, 1.54) is 0 Å². The van der Waals surface area contributed by atoms with Crippen LogP contribution in [0.15, 0.2) is 337 Å². The Balaban J connectivity index is 0.000000107. The minimum atomic E-state index is 0. The third-order valence-electron chi connectivity index (χ3n) is 19.9. The van der Waals surface area contributed by atoms with Gasteiger partial charge >= 0.3 is 42.1 Å². The minimum absolute atomic E-state index is 0. The van der Waals surface area contributed by atoms with E-state index in [0.29, 0.717) is 23.3 Å². The average Bonchev–Trinajstić information content (AvgIpc) is 1.64. The van der Waals surface area contributed by atoms with Gasteiger partial charge in [-0.1, -0.05) is 158 Å². The number of fused-ring (bicyclic) bond motifs is 44. The summed E-state index contributed by atoms with van der Waals surface area (Å²) < 4.78 is 0. The SMILES string of the molecule is C1=Cc2cc3nc(cc4[nH]c(cc5nc(cc([nH]2)=C1)N=N5)C=CC=4)N=N3.[Pt+2].[Pt+2].c1cc2cc3[n-]c(cc4cccc(cc5[n-]c(cc(c1)n2)c1ccccc51)n4)c1ccccc31.c1cc2cc3cnc(cc4cccc(cc5cnc(cc(c1)n2)[nH]5)n4)[nH]3.c1ccc2c3cc4cncc(cc5[n-]c(cc6cncc(cc([n-]3)c2c1)n6)c1ccccc51)n4. The maximum atomic E-state index is 4.96. The molecule has 0 saturated heterocycles. The summed E-state index contributed by atoms with van der Waals surface area (Å²) in [4.78, 5) is 88.0. The van der Waals surface area contributed by atoms with Crippen LogP contribution in [0, 0.1) is 0 Å². The topological polar surface area (TPSA) is 324 Å². The fraction of sp³-hybridized carbons (Fsp3) is 0. The van der Waals surface area contributed by atoms with Crippen LogP contribution < -0.4 is 30.6 Å². The normalized spacial score (nSPS) is 11.8. The minimum Gasteiger partial charge on any atom is -0.657 e. The molecule has 0 fully saturated rings. The van der Waals surface area contributed by atoms with Crippen molar-refractivity contribution in [1.29, 1.82) is 0 Å². The molecule has 584 valence electrons. The van der Waals surface area contributed by atoms with E-state index in [-0.39, 0.29) is 42.1 Å². The zero-order chi connectivity index (χ0) is 79.7. The van der Waals surface area contributed by atoms with Crippen molar-refractivity contribution >= 4 is 223 Å². The van der Waals surface area contributed by atoms with E-state index in [0.717, 1.165) is 198 Å². The number of pyridine rings is 4. The van der Waals surface area contributed by atoms with Gasteiger partial charge in [0.15, 0.2) is 23.3 Å². The Labute approximate surface area is 718 Å². The number of H-pyrrole nitrogens is 4. The second-order valence-electron chi connectivity index (χ2n) is 28.3. The fourth-order valence-corrected chi connectivity index (χ4v) is 14.6. The van der Waals surface area contributed by atoms with Gasteiger partial charge in [-0.05, 0) is 152 Å². The standard InChI is InChI=1S/C30H18N4.C28H16N6.C20H14N6.C18H12N8.2Pt/c1-2-12-24-23(11-1)27-15-19-7-5-9-21(31-19)17-29-25-13-3-4-14-26(25)30(34-29)18-22-10-6-8-20(32-22)16-28(24)33-27;1-2-6-22-21(5-1)25-9-17-13-29-15-19(31-17)11-27-23-7-3-4-8-24(23)28(34-27)12-20-16-30-14-18(32-20)10-26(22)33-25;1-3-13-7-17-11-22-20(25-17)10-16-6-2-4-14(24-16)8-18-12-21-19(26-18)9-15(5-1)23-13;1-3-11-7-15-21-17(25-23-15)9-13-5-2-6-14(20-13)10-18-22-16(24-26-18)8-12(4-1)19-11;;/h1-18H;1-16H;1-12,25-26H;1-10,19-20H;;/q2*-2;;;2*+2. The molecule has 0 radical (unpaired) electrons. The zero-order valence-electron chi connectivity index (χ0n) is 63.9.